The molecule has 0 spiro atoms. The molecule has 0 saturated heterocycles. The van der Waals surface area contributed by atoms with Crippen LogP contribution in [0.15, 0.2) is 53.4 Å². The Kier molecular flexibility index (Phi) is 8.43. The molecule has 2 aromatic rings. The van der Waals surface area contributed by atoms with Crippen molar-refractivity contribution in [1.29, 1.82) is 0 Å². The number of sulfonamides is 1. The normalized spacial score (nSPS) is 14.7. The van der Waals surface area contributed by atoms with Crippen molar-refractivity contribution in [2.45, 2.75) is 55.9 Å². The average Bonchev–Trinajstić information content (AvgIpc) is 2.74. The SMILES string of the molecule is O=C(CCc1ccccc1Cl)NC(=S)Nc1ccc(S(=O)(=O)NC2CCCCC2)cc1. The molecule has 0 atom stereocenters. The molecule has 3 N–H and O–H groups in total. The number of halogens is 1. The molecule has 2 aromatic carbocycles. The smallest absolute Gasteiger partial charge is 0.240 e. The lowest BCUT2D eigenvalue weighted by Gasteiger charge is -2.22. The number of benzene rings is 2. The molecule has 0 heterocycles. The Balaban J connectivity index is 1.49. The minimum atomic E-state index is -3.55. The van der Waals surface area contributed by atoms with E-state index in [1.54, 1.807) is 18.2 Å². The lowest BCUT2D eigenvalue weighted by Crippen LogP contribution is -2.36. The molecular weight excluding hydrogens is 454 g/mol. The van der Waals surface area contributed by atoms with Crippen LogP contribution in [0.1, 0.15) is 44.1 Å². The van der Waals surface area contributed by atoms with Crippen molar-refractivity contribution in [3.63, 3.8) is 0 Å². The van der Waals surface area contributed by atoms with E-state index in [1.807, 2.05) is 18.2 Å². The fourth-order valence-corrected chi connectivity index (χ4v) is 5.29. The van der Waals surface area contributed by atoms with Gasteiger partial charge in [-0.3, -0.25) is 4.79 Å². The van der Waals surface area contributed by atoms with Gasteiger partial charge in [0.15, 0.2) is 5.11 Å². The van der Waals surface area contributed by atoms with Gasteiger partial charge in [0.2, 0.25) is 15.9 Å². The lowest BCUT2D eigenvalue weighted by molar-refractivity contribution is -0.119. The molecule has 0 radical (unpaired) electrons. The first-order valence-electron chi connectivity index (χ1n) is 10.3. The molecular formula is C22H26ClN3O3S2. The van der Waals surface area contributed by atoms with Crippen LogP contribution in [0.5, 0.6) is 0 Å². The summed E-state index contributed by atoms with van der Waals surface area (Å²) in [5.41, 5.74) is 1.49. The maximum atomic E-state index is 12.6. The van der Waals surface area contributed by atoms with E-state index in [4.69, 9.17) is 23.8 Å². The van der Waals surface area contributed by atoms with Gasteiger partial charge in [-0.1, -0.05) is 49.1 Å². The van der Waals surface area contributed by atoms with Gasteiger partial charge < -0.3 is 10.6 Å². The zero-order chi connectivity index (χ0) is 22.3. The van der Waals surface area contributed by atoms with Crippen LogP contribution < -0.4 is 15.4 Å². The van der Waals surface area contributed by atoms with Crippen LogP contribution in [-0.4, -0.2) is 25.5 Å². The maximum Gasteiger partial charge on any atom is 0.240 e. The summed E-state index contributed by atoms with van der Waals surface area (Å²) in [6.45, 7) is 0. The van der Waals surface area contributed by atoms with E-state index in [9.17, 15) is 13.2 Å². The topological polar surface area (TPSA) is 87.3 Å². The second-order valence-corrected chi connectivity index (χ2v) is 10.1. The quantitative estimate of drug-likeness (QED) is 0.512. The second-order valence-electron chi connectivity index (χ2n) is 7.57. The summed E-state index contributed by atoms with van der Waals surface area (Å²) in [5, 5.41) is 6.31. The van der Waals surface area contributed by atoms with Gasteiger partial charge >= 0.3 is 0 Å². The zero-order valence-corrected chi connectivity index (χ0v) is 19.5. The first-order chi connectivity index (χ1) is 14.8. The van der Waals surface area contributed by atoms with Crippen molar-refractivity contribution in [3.8, 4) is 0 Å². The number of hydrogen-bond donors (Lipinski definition) is 3. The van der Waals surface area contributed by atoms with Gasteiger partial charge in [0.25, 0.3) is 0 Å². The van der Waals surface area contributed by atoms with E-state index < -0.39 is 10.0 Å². The third kappa shape index (κ3) is 7.28. The maximum absolute atomic E-state index is 12.6. The predicted molar refractivity (Wildman–Crippen MR) is 128 cm³/mol. The standard InChI is InChI=1S/C22H26ClN3O3S2/c23-20-9-5-4-6-16(20)10-15-21(27)25-22(30)24-17-11-13-19(14-12-17)31(28,29)26-18-7-2-1-3-8-18/h4-6,9,11-14,18,26H,1-3,7-8,10,15H2,(H2,24,25,27,30). The summed E-state index contributed by atoms with van der Waals surface area (Å²) >= 11 is 11.3. The summed E-state index contributed by atoms with van der Waals surface area (Å²) in [4.78, 5) is 12.3. The summed E-state index contributed by atoms with van der Waals surface area (Å²) in [6.07, 6.45) is 5.78. The van der Waals surface area contributed by atoms with Crippen LogP contribution in [0.4, 0.5) is 5.69 Å². The minimum Gasteiger partial charge on any atom is -0.332 e. The molecule has 0 unspecified atom stereocenters. The zero-order valence-electron chi connectivity index (χ0n) is 17.1. The predicted octanol–water partition coefficient (Wildman–Crippen LogP) is 4.40. The Labute approximate surface area is 193 Å². The van der Waals surface area contributed by atoms with Crippen molar-refractivity contribution in [3.05, 3.63) is 59.1 Å². The van der Waals surface area contributed by atoms with Gasteiger partial charge in [-0.2, -0.15) is 0 Å². The molecule has 1 aliphatic carbocycles. The fourth-order valence-electron chi connectivity index (χ4n) is 3.53. The summed E-state index contributed by atoms with van der Waals surface area (Å²) in [5.74, 6) is -0.228. The van der Waals surface area contributed by atoms with Crippen molar-refractivity contribution in [2.75, 3.05) is 5.32 Å². The van der Waals surface area contributed by atoms with Gasteiger partial charge in [-0.25, -0.2) is 13.1 Å². The Bertz CT molecular complexity index is 1020. The van der Waals surface area contributed by atoms with E-state index in [1.165, 1.54) is 12.1 Å². The van der Waals surface area contributed by atoms with E-state index in [-0.39, 0.29) is 28.4 Å². The highest BCUT2D eigenvalue weighted by molar-refractivity contribution is 7.89. The van der Waals surface area contributed by atoms with E-state index in [0.29, 0.717) is 17.1 Å². The highest BCUT2D eigenvalue weighted by Gasteiger charge is 2.21. The molecule has 1 fully saturated rings. The number of thiocarbonyl (C=S) groups is 1. The van der Waals surface area contributed by atoms with Crippen molar-refractivity contribution in [2.24, 2.45) is 0 Å². The highest BCUT2D eigenvalue weighted by Crippen LogP contribution is 2.21. The molecule has 1 amide bonds. The number of anilines is 1. The van der Waals surface area contributed by atoms with Crippen LogP contribution >= 0.6 is 23.8 Å². The average molecular weight is 480 g/mol. The van der Waals surface area contributed by atoms with Gasteiger partial charge in [-0.05, 0) is 67.4 Å². The van der Waals surface area contributed by atoms with E-state index >= 15 is 0 Å². The third-order valence-corrected chi connectivity index (χ3v) is 7.29. The lowest BCUT2D eigenvalue weighted by atomic mass is 9.96. The fraction of sp³-hybridized carbons (Fsp3) is 0.364. The second kappa shape index (κ2) is 11.0. The van der Waals surface area contributed by atoms with Crippen LogP contribution in [0.25, 0.3) is 0 Å². The van der Waals surface area contributed by atoms with Gasteiger partial charge in [0, 0.05) is 23.2 Å². The van der Waals surface area contributed by atoms with Crippen molar-refractivity contribution < 1.29 is 13.2 Å². The molecule has 6 nitrogen and oxygen atoms in total. The first-order valence-corrected chi connectivity index (χ1v) is 12.6. The number of hydrogen-bond acceptors (Lipinski definition) is 4. The molecule has 0 bridgehead atoms. The van der Waals surface area contributed by atoms with Gasteiger partial charge in [-0.15, -0.1) is 0 Å². The molecule has 166 valence electrons. The first kappa shape index (κ1) is 23.7. The molecule has 31 heavy (non-hydrogen) atoms. The number of carbonyl (C=O) groups is 1. The third-order valence-electron chi connectivity index (χ3n) is 5.18. The largest absolute Gasteiger partial charge is 0.332 e. The van der Waals surface area contributed by atoms with Crippen LogP contribution in [0, 0.1) is 0 Å². The molecule has 9 heteroatoms. The van der Waals surface area contributed by atoms with Crippen molar-refractivity contribution >= 4 is 50.5 Å². The minimum absolute atomic E-state index is 0.00473. The molecule has 0 aliphatic heterocycles. The molecule has 1 saturated carbocycles. The van der Waals surface area contributed by atoms with Crippen LogP contribution in [0.3, 0.4) is 0 Å². The summed E-state index contributed by atoms with van der Waals surface area (Å²) < 4.78 is 27.9. The number of carbonyl (C=O) groups excluding carboxylic acids is 1. The Morgan fingerprint density at radius 2 is 1.71 bits per heavy atom. The Hall–Kier alpha value is -2.00. The number of nitrogens with one attached hydrogen (secondary N) is 3. The van der Waals surface area contributed by atoms with Crippen molar-refractivity contribution in [1.82, 2.24) is 10.0 Å². The summed E-state index contributed by atoms with van der Waals surface area (Å²) in [6, 6.07) is 13.7. The van der Waals surface area contributed by atoms with Crippen LogP contribution in [0.2, 0.25) is 5.02 Å². The monoisotopic (exact) mass is 479 g/mol. The van der Waals surface area contributed by atoms with Gasteiger partial charge in [0.1, 0.15) is 0 Å². The van der Waals surface area contributed by atoms with E-state index in [2.05, 4.69) is 15.4 Å². The summed E-state index contributed by atoms with van der Waals surface area (Å²) in [7, 11) is -3.55. The highest BCUT2D eigenvalue weighted by atomic mass is 35.5. The number of rotatable bonds is 7. The van der Waals surface area contributed by atoms with E-state index in [0.717, 1.165) is 37.7 Å². The number of aryl methyl sites for hydroxylation is 1. The van der Waals surface area contributed by atoms with Gasteiger partial charge in [0.05, 0.1) is 4.90 Å². The van der Waals surface area contributed by atoms with Crippen LogP contribution in [-0.2, 0) is 21.2 Å². The molecule has 0 aromatic heterocycles. The Morgan fingerprint density at radius 3 is 2.39 bits per heavy atom. The Morgan fingerprint density at radius 1 is 1.03 bits per heavy atom. The molecule has 3 rings (SSSR count). The number of amides is 1. The molecule has 1 aliphatic rings.